The highest BCUT2D eigenvalue weighted by atomic mass is 35.5. The van der Waals surface area contributed by atoms with Gasteiger partial charge in [-0.15, -0.1) is 0 Å². The minimum atomic E-state index is -0.139. The van der Waals surface area contributed by atoms with Crippen molar-refractivity contribution in [1.29, 1.82) is 0 Å². The van der Waals surface area contributed by atoms with Crippen LogP contribution in [0, 0.1) is 0 Å². The molecule has 0 spiro atoms. The molecule has 0 radical (unpaired) electrons. The summed E-state index contributed by atoms with van der Waals surface area (Å²) in [6.45, 7) is 2.07. The number of aliphatic hydroxyl groups excluding tert-OH is 1. The van der Waals surface area contributed by atoms with Crippen LogP contribution >= 0.6 is 11.6 Å². The van der Waals surface area contributed by atoms with Crippen molar-refractivity contribution in [2.24, 2.45) is 0 Å². The van der Waals surface area contributed by atoms with Gasteiger partial charge in [-0.2, -0.15) is 0 Å². The van der Waals surface area contributed by atoms with Crippen molar-refractivity contribution < 1.29 is 9.90 Å². The van der Waals surface area contributed by atoms with Crippen LogP contribution in [-0.2, 0) is 4.79 Å². The highest BCUT2D eigenvalue weighted by molar-refractivity contribution is 6.30. The summed E-state index contributed by atoms with van der Waals surface area (Å²) in [5.74, 6) is -0.139. The molecule has 0 saturated heterocycles. The zero-order valence-electron chi connectivity index (χ0n) is 10.4. The third-order valence-corrected chi connectivity index (χ3v) is 2.69. The van der Waals surface area contributed by atoms with E-state index in [2.05, 4.69) is 5.32 Å². The fourth-order valence-corrected chi connectivity index (χ4v) is 1.74. The summed E-state index contributed by atoms with van der Waals surface area (Å²) in [5, 5.41) is 12.2. The fourth-order valence-electron chi connectivity index (χ4n) is 1.54. The molecular formula is C14H18ClNO2. The van der Waals surface area contributed by atoms with Crippen LogP contribution in [0.15, 0.2) is 30.3 Å². The Kier molecular flexibility index (Phi) is 6.47. The molecule has 1 unspecified atom stereocenters. The molecule has 3 nitrogen and oxygen atoms in total. The lowest BCUT2D eigenvalue weighted by Gasteiger charge is -2.10. The lowest BCUT2D eigenvalue weighted by Crippen LogP contribution is -2.31. The molecule has 1 aromatic rings. The number of hydrogen-bond donors (Lipinski definition) is 2. The van der Waals surface area contributed by atoms with Gasteiger partial charge in [-0.05, 0) is 43.5 Å². The highest BCUT2D eigenvalue weighted by Gasteiger charge is 2.03. The molecule has 0 aromatic heterocycles. The Morgan fingerprint density at radius 2 is 2.33 bits per heavy atom. The van der Waals surface area contributed by atoms with Crippen LogP contribution in [0.3, 0.4) is 0 Å². The van der Waals surface area contributed by atoms with E-state index in [9.17, 15) is 4.79 Å². The first-order valence-electron chi connectivity index (χ1n) is 5.97. The SMILES string of the molecule is CC(CCCO)NC(=O)C=Cc1cccc(Cl)c1. The fraction of sp³-hybridized carbons (Fsp3) is 0.357. The largest absolute Gasteiger partial charge is 0.396 e. The topological polar surface area (TPSA) is 49.3 Å². The molecule has 98 valence electrons. The molecule has 0 saturated carbocycles. The molecule has 1 atom stereocenters. The van der Waals surface area contributed by atoms with E-state index in [1.54, 1.807) is 18.2 Å². The van der Waals surface area contributed by atoms with E-state index in [0.29, 0.717) is 11.4 Å². The predicted octanol–water partition coefficient (Wildman–Crippen LogP) is 2.63. The molecule has 0 bridgehead atoms. The lowest BCUT2D eigenvalue weighted by molar-refractivity contribution is -0.117. The summed E-state index contributed by atoms with van der Waals surface area (Å²) in [7, 11) is 0. The monoisotopic (exact) mass is 267 g/mol. The summed E-state index contributed by atoms with van der Waals surface area (Å²) >= 11 is 5.84. The van der Waals surface area contributed by atoms with E-state index in [-0.39, 0.29) is 18.6 Å². The Labute approximate surface area is 112 Å². The Bertz CT molecular complexity index is 418. The second kappa shape index (κ2) is 7.90. The molecule has 1 aromatic carbocycles. The second-order valence-electron chi connectivity index (χ2n) is 4.16. The van der Waals surface area contributed by atoms with Crippen LogP contribution in [0.1, 0.15) is 25.3 Å². The number of carbonyl (C=O) groups is 1. The van der Waals surface area contributed by atoms with Gasteiger partial charge in [0.25, 0.3) is 0 Å². The van der Waals surface area contributed by atoms with Gasteiger partial charge < -0.3 is 10.4 Å². The van der Waals surface area contributed by atoms with E-state index < -0.39 is 0 Å². The number of hydrogen-bond acceptors (Lipinski definition) is 2. The summed E-state index contributed by atoms with van der Waals surface area (Å²) in [6, 6.07) is 7.36. The van der Waals surface area contributed by atoms with E-state index >= 15 is 0 Å². The van der Waals surface area contributed by atoms with Gasteiger partial charge in [0.1, 0.15) is 0 Å². The van der Waals surface area contributed by atoms with Gasteiger partial charge in [-0.25, -0.2) is 0 Å². The van der Waals surface area contributed by atoms with Crippen molar-refractivity contribution in [3.8, 4) is 0 Å². The van der Waals surface area contributed by atoms with Gasteiger partial charge in [0.15, 0.2) is 0 Å². The van der Waals surface area contributed by atoms with Crippen molar-refractivity contribution >= 4 is 23.6 Å². The first-order valence-corrected chi connectivity index (χ1v) is 6.34. The van der Waals surface area contributed by atoms with Crippen LogP contribution in [-0.4, -0.2) is 23.7 Å². The summed E-state index contributed by atoms with van der Waals surface area (Å²) in [4.78, 5) is 11.6. The van der Waals surface area contributed by atoms with Gasteiger partial charge in [0, 0.05) is 23.7 Å². The Hall–Kier alpha value is -1.32. The maximum Gasteiger partial charge on any atom is 0.244 e. The number of amides is 1. The Morgan fingerprint density at radius 1 is 1.56 bits per heavy atom. The third kappa shape index (κ3) is 5.84. The number of halogens is 1. The average Bonchev–Trinajstić information content (AvgIpc) is 2.34. The van der Waals surface area contributed by atoms with Crippen LogP contribution in [0.25, 0.3) is 6.08 Å². The quantitative estimate of drug-likeness (QED) is 0.779. The molecule has 0 aliphatic carbocycles. The molecule has 1 amide bonds. The number of aliphatic hydroxyl groups is 1. The van der Waals surface area contributed by atoms with Crippen molar-refractivity contribution in [2.75, 3.05) is 6.61 Å². The van der Waals surface area contributed by atoms with Crippen LogP contribution in [0.4, 0.5) is 0 Å². The normalized spacial score (nSPS) is 12.6. The summed E-state index contributed by atoms with van der Waals surface area (Å²) in [6.07, 6.45) is 4.67. The van der Waals surface area contributed by atoms with E-state index in [4.69, 9.17) is 16.7 Å². The van der Waals surface area contributed by atoms with E-state index in [1.807, 2.05) is 19.1 Å². The Balaban J connectivity index is 2.44. The minimum absolute atomic E-state index is 0.0636. The van der Waals surface area contributed by atoms with Crippen LogP contribution in [0.2, 0.25) is 5.02 Å². The first kappa shape index (κ1) is 14.7. The summed E-state index contributed by atoms with van der Waals surface area (Å²) < 4.78 is 0. The van der Waals surface area contributed by atoms with E-state index in [0.717, 1.165) is 12.0 Å². The zero-order chi connectivity index (χ0) is 13.4. The molecule has 0 heterocycles. The number of carbonyl (C=O) groups excluding carboxylic acids is 1. The maximum absolute atomic E-state index is 11.6. The van der Waals surface area contributed by atoms with Gasteiger partial charge in [0.05, 0.1) is 0 Å². The molecule has 0 fully saturated rings. The van der Waals surface area contributed by atoms with Gasteiger partial charge in [-0.3, -0.25) is 4.79 Å². The van der Waals surface area contributed by atoms with Crippen molar-refractivity contribution in [1.82, 2.24) is 5.32 Å². The molecule has 1 rings (SSSR count). The van der Waals surface area contributed by atoms with Crippen molar-refractivity contribution in [3.05, 3.63) is 40.9 Å². The van der Waals surface area contributed by atoms with Gasteiger partial charge in [0.2, 0.25) is 5.91 Å². The standard InChI is InChI=1S/C14H18ClNO2/c1-11(4-3-9-17)16-14(18)8-7-12-5-2-6-13(15)10-12/h2,5-8,10-11,17H,3-4,9H2,1H3,(H,16,18). The molecule has 18 heavy (non-hydrogen) atoms. The lowest BCUT2D eigenvalue weighted by atomic mass is 10.2. The molecule has 4 heteroatoms. The molecule has 2 N–H and O–H groups in total. The van der Waals surface area contributed by atoms with E-state index in [1.165, 1.54) is 6.08 Å². The second-order valence-corrected chi connectivity index (χ2v) is 4.60. The summed E-state index contributed by atoms with van der Waals surface area (Å²) in [5.41, 5.74) is 0.890. The Morgan fingerprint density at radius 3 is 3.00 bits per heavy atom. The number of nitrogens with one attached hydrogen (secondary N) is 1. The van der Waals surface area contributed by atoms with Crippen LogP contribution < -0.4 is 5.32 Å². The smallest absolute Gasteiger partial charge is 0.244 e. The average molecular weight is 268 g/mol. The maximum atomic E-state index is 11.6. The van der Waals surface area contributed by atoms with Gasteiger partial charge >= 0.3 is 0 Å². The minimum Gasteiger partial charge on any atom is -0.396 e. The predicted molar refractivity (Wildman–Crippen MR) is 74.4 cm³/mol. The number of rotatable bonds is 6. The number of benzene rings is 1. The molecular weight excluding hydrogens is 250 g/mol. The highest BCUT2D eigenvalue weighted by Crippen LogP contribution is 2.11. The molecule has 0 aliphatic heterocycles. The first-order chi connectivity index (χ1) is 8.61. The molecule has 0 aliphatic rings. The zero-order valence-corrected chi connectivity index (χ0v) is 11.2. The van der Waals surface area contributed by atoms with Crippen molar-refractivity contribution in [3.63, 3.8) is 0 Å². The van der Waals surface area contributed by atoms with Crippen LogP contribution in [0.5, 0.6) is 0 Å². The van der Waals surface area contributed by atoms with Crippen molar-refractivity contribution in [2.45, 2.75) is 25.8 Å². The third-order valence-electron chi connectivity index (χ3n) is 2.46. The van der Waals surface area contributed by atoms with Gasteiger partial charge in [-0.1, -0.05) is 23.7 Å².